The second kappa shape index (κ2) is 44.0. The molecule has 0 bridgehead atoms. The van der Waals surface area contributed by atoms with Gasteiger partial charge in [-0.2, -0.15) is 0 Å². The van der Waals surface area contributed by atoms with Gasteiger partial charge in [0.25, 0.3) is 0 Å². The fraction of sp³-hybridized carbons (Fsp3) is 0.826. The smallest absolute Gasteiger partial charge is 0.0830 e. The number of hydrogen-bond acceptors (Lipinski definition) is 4. The van der Waals surface area contributed by atoms with Gasteiger partial charge in [-0.3, -0.25) is 0 Å². The van der Waals surface area contributed by atoms with E-state index in [2.05, 4.69) is 81.2 Å². The van der Waals surface area contributed by atoms with Crippen LogP contribution in [-0.2, 0) is 14.2 Å². The zero-order chi connectivity index (χ0) is 36.3. The first-order chi connectivity index (χ1) is 24.8. The molecular formula is C46H87NO3. The highest BCUT2D eigenvalue weighted by atomic mass is 16.5. The van der Waals surface area contributed by atoms with Gasteiger partial charge in [-0.05, 0) is 96.6 Å². The van der Waals surface area contributed by atoms with Crippen LogP contribution in [0.1, 0.15) is 188 Å². The number of unbranched alkanes of at least 4 members (excludes halogenated alkanes) is 18. The first-order valence-electron chi connectivity index (χ1n) is 21.9. The van der Waals surface area contributed by atoms with Crippen LogP contribution >= 0.6 is 0 Å². The van der Waals surface area contributed by atoms with E-state index in [1.165, 1.54) is 128 Å². The minimum Gasteiger partial charge on any atom is -0.380 e. The van der Waals surface area contributed by atoms with Crippen LogP contribution in [-0.4, -0.2) is 63.7 Å². The molecule has 0 spiro atoms. The van der Waals surface area contributed by atoms with Gasteiger partial charge in [0.15, 0.2) is 0 Å². The molecule has 0 aromatic rings. The van der Waals surface area contributed by atoms with Gasteiger partial charge in [-0.15, -0.1) is 0 Å². The van der Waals surface area contributed by atoms with Crippen LogP contribution in [0.25, 0.3) is 0 Å². The molecule has 1 unspecified atom stereocenters. The molecule has 0 aliphatic rings. The van der Waals surface area contributed by atoms with Crippen molar-refractivity contribution < 1.29 is 14.2 Å². The van der Waals surface area contributed by atoms with E-state index in [-0.39, 0.29) is 6.10 Å². The van der Waals surface area contributed by atoms with E-state index in [0.717, 1.165) is 78.2 Å². The maximum atomic E-state index is 6.33. The standard InChI is InChI=1S/C46H87NO3/c1-5-9-11-13-15-17-19-21-23-25-27-29-31-33-35-37-41-49-45-46(39-43-48-44-40-47(7-3)8-4)50-42-38-36-34-32-30-28-26-24-22-20-18-16-14-12-10-6-2/h15-18,21-24,46H,5-14,19-20,25-45H2,1-4H3/b17-15+,18-16+,23-21+,24-22+. The molecule has 0 rings (SSSR count). The van der Waals surface area contributed by atoms with Crippen LogP contribution in [0, 0.1) is 0 Å². The predicted molar refractivity (Wildman–Crippen MR) is 222 cm³/mol. The molecule has 0 aliphatic heterocycles. The first-order valence-corrected chi connectivity index (χ1v) is 21.9. The molecule has 0 N–H and O–H groups in total. The summed E-state index contributed by atoms with van der Waals surface area (Å²) in [6, 6.07) is 0. The summed E-state index contributed by atoms with van der Waals surface area (Å²) in [5.74, 6) is 0. The number of ether oxygens (including phenoxy) is 3. The Bertz CT molecular complexity index is 742. The molecule has 4 nitrogen and oxygen atoms in total. The Morgan fingerprint density at radius 1 is 0.420 bits per heavy atom. The molecule has 4 heteroatoms. The topological polar surface area (TPSA) is 30.9 Å². The highest BCUT2D eigenvalue weighted by Crippen LogP contribution is 2.11. The lowest BCUT2D eigenvalue weighted by Gasteiger charge is -2.20. The van der Waals surface area contributed by atoms with Crippen LogP contribution in [0.2, 0.25) is 0 Å². The fourth-order valence-corrected chi connectivity index (χ4v) is 6.01. The second-order valence-corrected chi connectivity index (χ2v) is 14.2. The summed E-state index contributed by atoms with van der Waals surface area (Å²) in [6.45, 7) is 16.1. The van der Waals surface area contributed by atoms with Gasteiger partial charge in [-0.25, -0.2) is 0 Å². The van der Waals surface area contributed by atoms with Crippen LogP contribution in [0.3, 0.4) is 0 Å². The molecule has 1 atom stereocenters. The summed E-state index contributed by atoms with van der Waals surface area (Å²) >= 11 is 0. The van der Waals surface area contributed by atoms with Crippen molar-refractivity contribution in [1.29, 1.82) is 0 Å². The largest absolute Gasteiger partial charge is 0.380 e. The van der Waals surface area contributed by atoms with Crippen molar-refractivity contribution in [3.8, 4) is 0 Å². The highest BCUT2D eigenvalue weighted by molar-refractivity contribution is 4.93. The Kier molecular flexibility index (Phi) is 42.9. The van der Waals surface area contributed by atoms with E-state index < -0.39 is 0 Å². The molecule has 0 saturated heterocycles. The zero-order valence-corrected chi connectivity index (χ0v) is 34.2. The SMILES string of the molecule is CCCCC/C=C/C/C=C/CCCCCCCCOCC(CCOCCN(CC)CC)OCCCCCCCC/C=C/C/C=C/CCCCC. The number of rotatable bonds is 41. The zero-order valence-electron chi connectivity index (χ0n) is 34.2. The molecule has 294 valence electrons. The van der Waals surface area contributed by atoms with E-state index in [4.69, 9.17) is 14.2 Å². The van der Waals surface area contributed by atoms with Crippen LogP contribution in [0.15, 0.2) is 48.6 Å². The van der Waals surface area contributed by atoms with Crippen molar-refractivity contribution in [2.45, 2.75) is 194 Å². The third-order valence-electron chi connectivity index (χ3n) is 9.52. The van der Waals surface area contributed by atoms with Gasteiger partial charge < -0.3 is 19.1 Å². The Hall–Kier alpha value is -1.20. The number of likely N-dealkylation sites (N-methyl/N-ethyl adjacent to an activating group) is 1. The summed E-state index contributed by atoms with van der Waals surface area (Å²) < 4.78 is 18.4. The van der Waals surface area contributed by atoms with Crippen molar-refractivity contribution in [1.82, 2.24) is 4.90 Å². The second-order valence-electron chi connectivity index (χ2n) is 14.2. The third-order valence-corrected chi connectivity index (χ3v) is 9.52. The summed E-state index contributed by atoms with van der Waals surface area (Å²) in [5, 5.41) is 0. The Labute approximate surface area is 314 Å². The van der Waals surface area contributed by atoms with E-state index >= 15 is 0 Å². The summed E-state index contributed by atoms with van der Waals surface area (Å²) in [6.07, 6.45) is 50.4. The molecule has 50 heavy (non-hydrogen) atoms. The number of nitrogens with zero attached hydrogens (tertiary/aromatic N) is 1. The monoisotopic (exact) mass is 702 g/mol. The maximum absolute atomic E-state index is 6.33. The average Bonchev–Trinajstić information content (AvgIpc) is 3.13. The fourth-order valence-electron chi connectivity index (χ4n) is 6.01. The number of hydrogen-bond donors (Lipinski definition) is 0. The Balaban J connectivity index is 3.96. The van der Waals surface area contributed by atoms with Crippen molar-refractivity contribution >= 4 is 0 Å². The molecular weight excluding hydrogens is 615 g/mol. The molecule has 0 saturated carbocycles. The molecule has 0 aromatic carbocycles. The predicted octanol–water partition coefficient (Wildman–Crippen LogP) is 13.8. The highest BCUT2D eigenvalue weighted by Gasteiger charge is 2.10. The molecule has 0 aliphatic carbocycles. The van der Waals surface area contributed by atoms with E-state index in [1.807, 2.05) is 0 Å². The van der Waals surface area contributed by atoms with Gasteiger partial charge in [0, 0.05) is 26.4 Å². The molecule has 0 heterocycles. The van der Waals surface area contributed by atoms with Crippen LogP contribution in [0.4, 0.5) is 0 Å². The summed E-state index contributed by atoms with van der Waals surface area (Å²) in [5.41, 5.74) is 0. The minimum absolute atomic E-state index is 0.144. The molecule has 0 fully saturated rings. The normalized spacial score (nSPS) is 13.1. The first kappa shape index (κ1) is 48.8. The summed E-state index contributed by atoms with van der Waals surface area (Å²) in [7, 11) is 0. The maximum Gasteiger partial charge on any atom is 0.0830 e. The minimum atomic E-state index is 0.144. The lowest BCUT2D eigenvalue weighted by atomic mass is 10.1. The van der Waals surface area contributed by atoms with Crippen LogP contribution < -0.4 is 0 Å². The van der Waals surface area contributed by atoms with E-state index in [9.17, 15) is 0 Å². The lowest BCUT2D eigenvalue weighted by Crippen LogP contribution is -2.28. The average molecular weight is 702 g/mol. The van der Waals surface area contributed by atoms with Gasteiger partial charge in [0.1, 0.15) is 0 Å². The third kappa shape index (κ3) is 39.6. The molecule has 0 aromatic heterocycles. The van der Waals surface area contributed by atoms with Gasteiger partial charge in [0.05, 0.1) is 19.3 Å². The Morgan fingerprint density at radius 2 is 0.860 bits per heavy atom. The quantitative estimate of drug-likeness (QED) is 0.0469. The van der Waals surface area contributed by atoms with Gasteiger partial charge in [-0.1, -0.05) is 153 Å². The molecule has 0 radical (unpaired) electrons. The van der Waals surface area contributed by atoms with Gasteiger partial charge >= 0.3 is 0 Å². The lowest BCUT2D eigenvalue weighted by molar-refractivity contribution is -0.0357. The number of allylic oxidation sites excluding steroid dienone is 8. The van der Waals surface area contributed by atoms with Crippen molar-refractivity contribution in [3.05, 3.63) is 48.6 Å². The summed E-state index contributed by atoms with van der Waals surface area (Å²) in [4.78, 5) is 2.41. The van der Waals surface area contributed by atoms with E-state index in [1.54, 1.807) is 0 Å². The van der Waals surface area contributed by atoms with E-state index in [0.29, 0.717) is 6.61 Å². The Morgan fingerprint density at radius 3 is 1.34 bits per heavy atom. The van der Waals surface area contributed by atoms with Gasteiger partial charge in [0.2, 0.25) is 0 Å². The van der Waals surface area contributed by atoms with Crippen molar-refractivity contribution in [2.24, 2.45) is 0 Å². The van der Waals surface area contributed by atoms with Crippen LogP contribution in [0.5, 0.6) is 0 Å². The molecule has 0 amide bonds. The van der Waals surface area contributed by atoms with Crippen molar-refractivity contribution in [2.75, 3.05) is 52.7 Å². The van der Waals surface area contributed by atoms with Crippen molar-refractivity contribution in [3.63, 3.8) is 0 Å².